The van der Waals surface area contributed by atoms with Gasteiger partial charge in [-0.3, -0.25) is 4.98 Å². The second kappa shape index (κ2) is 7.61. The van der Waals surface area contributed by atoms with E-state index in [1.165, 1.54) is 19.5 Å². The van der Waals surface area contributed by atoms with E-state index >= 15 is 0 Å². The molecule has 1 aliphatic rings. The quantitative estimate of drug-likeness (QED) is 0.832. The standard InChI is InChI=1S/C16H27N3O2/c1-12(2)19-8-6-13(11-19)9-17-10-14-16(21-4)15(20-3)5-7-18-14/h5,7,12-13,17H,6,8-11H2,1-4H3. The van der Waals surface area contributed by atoms with Gasteiger partial charge < -0.3 is 19.7 Å². The van der Waals surface area contributed by atoms with Gasteiger partial charge in [0.15, 0.2) is 11.5 Å². The van der Waals surface area contributed by atoms with Gasteiger partial charge in [-0.05, 0) is 39.3 Å². The van der Waals surface area contributed by atoms with Crippen molar-refractivity contribution >= 4 is 0 Å². The number of nitrogens with zero attached hydrogens (tertiary/aromatic N) is 2. The number of hydrogen-bond acceptors (Lipinski definition) is 5. The number of nitrogens with one attached hydrogen (secondary N) is 1. The number of pyridine rings is 1. The Bertz CT molecular complexity index is 451. The van der Waals surface area contributed by atoms with Crippen LogP contribution in [0.3, 0.4) is 0 Å². The molecule has 1 atom stereocenters. The van der Waals surface area contributed by atoms with Gasteiger partial charge in [0.2, 0.25) is 0 Å². The zero-order chi connectivity index (χ0) is 15.2. The average Bonchev–Trinajstić information content (AvgIpc) is 2.96. The van der Waals surface area contributed by atoms with Crippen molar-refractivity contribution in [3.63, 3.8) is 0 Å². The first-order valence-corrected chi connectivity index (χ1v) is 7.66. The van der Waals surface area contributed by atoms with Crippen LogP contribution in [0, 0.1) is 5.92 Å². The molecule has 1 N–H and O–H groups in total. The Balaban J connectivity index is 1.84. The summed E-state index contributed by atoms with van der Waals surface area (Å²) in [5.74, 6) is 2.18. The van der Waals surface area contributed by atoms with Gasteiger partial charge in [-0.25, -0.2) is 0 Å². The van der Waals surface area contributed by atoms with Crippen molar-refractivity contribution < 1.29 is 9.47 Å². The molecule has 2 rings (SSSR count). The minimum absolute atomic E-state index is 0.648. The van der Waals surface area contributed by atoms with E-state index in [0.29, 0.717) is 12.6 Å². The monoisotopic (exact) mass is 293 g/mol. The molecule has 1 fully saturated rings. The van der Waals surface area contributed by atoms with Crippen LogP contribution in [-0.2, 0) is 6.54 Å². The first-order chi connectivity index (χ1) is 10.2. The molecule has 1 aromatic heterocycles. The minimum atomic E-state index is 0.648. The van der Waals surface area contributed by atoms with Gasteiger partial charge in [0.1, 0.15) is 0 Å². The summed E-state index contributed by atoms with van der Waals surface area (Å²) in [7, 11) is 3.30. The van der Waals surface area contributed by atoms with Crippen molar-refractivity contribution in [2.75, 3.05) is 33.9 Å². The normalized spacial score (nSPS) is 19.2. The molecule has 0 amide bonds. The molecule has 1 saturated heterocycles. The van der Waals surface area contributed by atoms with Crippen molar-refractivity contribution in [1.29, 1.82) is 0 Å². The molecule has 0 spiro atoms. The Morgan fingerprint density at radius 3 is 2.81 bits per heavy atom. The van der Waals surface area contributed by atoms with E-state index in [1.807, 2.05) is 6.07 Å². The second-order valence-corrected chi connectivity index (χ2v) is 5.87. The largest absolute Gasteiger partial charge is 0.493 e. The number of aromatic nitrogens is 1. The van der Waals surface area contributed by atoms with Gasteiger partial charge in [-0.15, -0.1) is 0 Å². The van der Waals surface area contributed by atoms with Crippen LogP contribution >= 0.6 is 0 Å². The second-order valence-electron chi connectivity index (χ2n) is 5.87. The smallest absolute Gasteiger partial charge is 0.183 e. The van der Waals surface area contributed by atoms with Gasteiger partial charge in [0.05, 0.1) is 19.9 Å². The molecule has 1 aromatic rings. The van der Waals surface area contributed by atoms with Crippen LogP contribution in [-0.4, -0.2) is 49.8 Å². The number of likely N-dealkylation sites (tertiary alicyclic amines) is 1. The highest BCUT2D eigenvalue weighted by Crippen LogP contribution is 2.28. The molecule has 1 unspecified atom stereocenters. The predicted molar refractivity (Wildman–Crippen MR) is 83.9 cm³/mol. The van der Waals surface area contributed by atoms with Crippen LogP contribution in [0.4, 0.5) is 0 Å². The summed E-state index contributed by atoms with van der Waals surface area (Å²) in [6, 6.07) is 2.47. The molecule has 0 aliphatic carbocycles. The Morgan fingerprint density at radius 2 is 2.19 bits per heavy atom. The molecule has 0 bridgehead atoms. The Kier molecular flexibility index (Phi) is 5.82. The summed E-state index contributed by atoms with van der Waals surface area (Å²) < 4.78 is 10.7. The van der Waals surface area contributed by atoms with Crippen LogP contribution < -0.4 is 14.8 Å². The van der Waals surface area contributed by atoms with Gasteiger partial charge in [0, 0.05) is 31.4 Å². The maximum atomic E-state index is 5.40. The number of rotatable bonds is 7. The molecule has 118 valence electrons. The number of ether oxygens (including phenoxy) is 2. The summed E-state index contributed by atoms with van der Waals surface area (Å²) in [5, 5.41) is 3.50. The van der Waals surface area contributed by atoms with Crippen LogP contribution in [0.25, 0.3) is 0 Å². The van der Waals surface area contributed by atoms with Crippen LogP contribution in [0.2, 0.25) is 0 Å². The fourth-order valence-corrected chi connectivity index (χ4v) is 2.87. The first-order valence-electron chi connectivity index (χ1n) is 7.66. The summed E-state index contributed by atoms with van der Waals surface area (Å²) in [5.41, 5.74) is 0.899. The highest BCUT2D eigenvalue weighted by molar-refractivity contribution is 5.42. The lowest BCUT2D eigenvalue weighted by Crippen LogP contribution is -2.30. The summed E-state index contributed by atoms with van der Waals surface area (Å²) >= 11 is 0. The van der Waals surface area contributed by atoms with Crippen LogP contribution in [0.1, 0.15) is 26.0 Å². The van der Waals surface area contributed by atoms with Crippen molar-refractivity contribution in [3.8, 4) is 11.5 Å². The van der Waals surface area contributed by atoms with Crippen LogP contribution in [0.5, 0.6) is 11.5 Å². The minimum Gasteiger partial charge on any atom is -0.493 e. The zero-order valence-electron chi connectivity index (χ0n) is 13.6. The molecular weight excluding hydrogens is 266 g/mol. The Hall–Kier alpha value is -1.33. The van der Waals surface area contributed by atoms with Crippen LogP contribution in [0.15, 0.2) is 12.3 Å². The highest BCUT2D eigenvalue weighted by Gasteiger charge is 2.23. The van der Waals surface area contributed by atoms with Crippen molar-refractivity contribution in [1.82, 2.24) is 15.2 Å². The van der Waals surface area contributed by atoms with Gasteiger partial charge in [-0.2, -0.15) is 0 Å². The van der Waals surface area contributed by atoms with Gasteiger partial charge >= 0.3 is 0 Å². The molecule has 0 radical (unpaired) electrons. The lowest BCUT2D eigenvalue weighted by Gasteiger charge is -2.20. The maximum Gasteiger partial charge on any atom is 0.183 e. The maximum absolute atomic E-state index is 5.40. The first kappa shape index (κ1) is 16.0. The van der Waals surface area contributed by atoms with Crippen molar-refractivity contribution in [3.05, 3.63) is 18.0 Å². The molecule has 0 saturated carbocycles. The van der Waals surface area contributed by atoms with Crippen molar-refractivity contribution in [2.24, 2.45) is 5.92 Å². The fraction of sp³-hybridized carbons (Fsp3) is 0.688. The van der Waals surface area contributed by atoms with E-state index in [4.69, 9.17) is 9.47 Å². The Labute approximate surface area is 127 Å². The molecule has 0 aromatic carbocycles. The number of methoxy groups -OCH3 is 2. The fourth-order valence-electron chi connectivity index (χ4n) is 2.87. The SMILES string of the molecule is COc1ccnc(CNCC2CCN(C(C)C)C2)c1OC. The molecule has 2 heterocycles. The topological polar surface area (TPSA) is 46.6 Å². The predicted octanol–water partition coefficient (Wildman–Crippen LogP) is 1.92. The third-order valence-electron chi connectivity index (χ3n) is 4.14. The van der Waals surface area contributed by atoms with Gasteiger partial charge in [0.25, 0.3) is 0 Å². The lowest BCUT2D eigenvalue weighted by atomic mass is 10.1. The summed E-state index contributed by atoms with van der Waals surface area (Å²) in [6.07, 6.45) is 3.03. The van der Waals surface area contributed by atoms with E-state index in [9.17, 15) is 0 Å². The zero-order valence-corrected chi connectivity index (χ0v) is 13.6. The van der Waals surface area contributed by atoms with E-state index in [0.717, 1.165) is 29.7 Å². The summed E-state index contributed by atoms with van der Waals surface area (Å²) in [6.45, 7) is 8.66. The molecule has 5 heteroatoms. The molecule has 21 heavy (non-hydrogen) atoms. The summed E-state index contributed by atoms with van der Waals surface area (Å²) in [4.78, 5) is 6.93. The third-order valence-corrected chi connectivity index (χ3v) is 4.14. The Morgan fingerprint density at radius 1 is 1.38 bits per heavy atom. The number of hydrogen-bond donors (Lipinski definition) is 1. The average molecular weight is 293 g/mol. The van der Waals surface area contributed by atoms with Gasteiger partial charge in [-0.1, -0.05) is 0 Å². The molecular formula is C16H27N3O2. The van der Waals surface area contributed by atoms with E-state index < -0.39 is 0 Å². The highest BCUT2D eigenvalue weighted by atomic mass is 16.5. The van der Waals surface area contributed by atoms with E-state index in [1.54, 1.807) is 20.4 Å². The van der Waals surface area contributed by atoms with E-state index in [-0.39, 0.29) is 0 Å². The third kappa shape index (κ3) is 4.08. The van der Waals surface area contributed by atoms with E-state index in [2.05, 4.69) is 29.0 Å². The molecule has 1 aliphatic heterocycles. The lowest BCUT2D eigenvalue weighted by molar-refractivity contribution is 0.263. The molecule has 5 nitrogen and oxygen atoms in total. The van der Waals surface area contributed by atoms with Crippen molar-refractivity contribution in [2.45, 2.75) is 32.9 Å².